The number of thiazole rings is 1. The summed E-state index contributed by atoms with van der Waals surface area (Å²) in [5.41, 5.74) is 5.92. The molecule has 2 aromatic heterocycles. The smallest absolute Gasteiger partial charge is 0.148 e. The predicted molar refractivity (Wildman–Crippen MR) is 163 cm³/mol. The van der Waals surface area contributed by atoms with E-state index in [4.69, 9.17) is 16.3 Å². The minimum absolute atomic E-state index is 0.203. The van der Waals surface area contributed by atoms with Crippen LogP contribution in [0.1, 0.15) is 24.0 Å². The molecule has 6 rings (SSSR count). The van der Waals surface area contributed by atoms with E-state index in [2.05, 4.69) is 25.7 Å². The summed E-state index contributed by atoms with van der Waals surface area (Å²) >= 11 is 9.14. The largest absolute Gasteiger partial charge is 0.458 e. The van der Waals surface area contributed by atoms with E-state index < -0.39 is 5.82 Å². The van der Waals surface area contributed by atoms with Crippen LogP contribution in [-0.2, 0) is 0 Å². The number of ether oxygens (including phenoxy) is 1. The van der Waals surface area contributed by atoms with Gasteiger partial charge >= 0.3 is 0 Å². The first-order valence-corrected chi connectivity index (χ1v) is 15.2. The highest BCUT2D eigenvalue weighted by molar-refractivity contribution is 8.00. The molecule has 0 spiro atoms. The van der Waals surface area contributed by atoms with Crippen LogP contribution in [0.5, 0.6) is 5.75 Å². The quantitative estimate of drug-likeness (QED) is 0.203. The molecule has 0 aliphatic carbocycles. The lowest BCUT2D eigenvalue weighted by Crippen LogP contribution is -2.26. The van der Waals surface area contributed by atoms with Gasteiger partial charge in [0.25, 0.3) is 0 Å². The second-order valence-electron chi connectivity index (χ2n) is 9.75. The standard InChI is InChI=1S/C30H26ClF2N5OS2/c1-37-16-28(39-27-13-25(33)29(12-24(27)31)41-36-30-17-40-18-35-30)23(11-26(37)19-5-4-6-21(32)9-19)20-10-22(15-34-14-20)38-7-2-3-8-38/h4-6,9-15,17-18,36H,2-3,7-8,16H2,1H3. The second kappa shape index (κ2) is 12.1. The molecule has 4 aromatic rings. The summed E-state index contributed by atoms with van der Waals surface area (Å²) in [4.78, 5) is 13.3. The first kappa shape index (κ1) is 27.6. The molecule has 0 bridgehead atoms. The first-order chi connectivity index (χ1) is 19.9. The van der Waals surface area contributed by atoms with Crippen LogP contribution in [-0.4, -0.2) is 41.5 Å². The maximum atomic E-state index is 15.1. The summed E-state index contributed by atoms with van der Waals surface area (Å²) in [7, 11) is 1.90. The lowest BCUT2D eigenvalue weighted by Gasteiger charge is -2.30. The third-order valence-corrected chi connectivity index (χ3v) is 8.64. The molecule has 0 atom stereocenters. The molecule has 1 N–H and O–H groups in total. The lowest BCUT2D eigenvalue weighted by atomic mass is 9.98. The lowest BCUT2D eigenvalue weighted by molar-refractivity contribution is 0.359. The Bertz CT molecular complexity index is 1620. The number of rotatable bonds is 8. The Kier molecular flexibility index (Phi) is 8.13. The van der Waals surface area contributed by atoms with Gasteiger partial charge in [0.1, 0.15) is 29.0 Å². The van der Waals surface area contributed by atoms with Crippen LogP contribution in [0.2, 0.25) is 5.02 Å². The van der Waals surface area contributed by atoms with Gasteiger partial charge in [-0.3, -0.25) is 4.98 Å². The van der Waals surface area contributed by atoms with Gasteiger partial charge in [0.2, 0.25) is 0 Å². The molecule has 11 heteroatoms. The molecular weight excluding hydrogens is 584 g/mol. The maximum Gasteiger partial charge on any atom is 0.148 e. The van der Waals surface area contributed by atoms with E-state index in [1.807, 2.05) is 35.7 Å². The van der Waals surface area contributed by atoms with Crippen molar-refractivity contribution < 1.29 is 13.5 Å². The predicted octanol–water partition coefficient (Wildman–Crippen LogP) is 7.97. The van der Waals surface area contributed by atoms with Gasteiger partial charge in [-0.05, 0) is 55.1 Å². The molecule has 0 unspecified atom stereocenters. The Hall–Kier alpha value is -3.60. The van der Waals surface area contributed by atoms with Crippen LogP contribution in [0.3, 0.4) is 0 Å². The van der Waals surface area contributed by atoms with Crippen molar-refractivity contribution in [2.24, 2.45) is 0 Å². The van der Waals surface area contributed by atoms with E-state index in [0.29, 0.717) is 23.0 Å². The fourth-order valence-electron chi connectivity index (χ4n) is 4.89. The van der Waals surface area contributed by atoms with Gasteiger partial charge in [0, 0.05) is 60.2 Å². The average Bonchev–Trinajstić information content (AvgIpc) is 3.69. The molecule has 4 heterocycles. The topological polar surface area (TPSA) is 53.5 Å². The summed E-state index contributed by atoms with van der Waals surface area (Å²) < 4.78 is 38.7. The van der Waals surface area contributed by atoms with Gasteiger partial charge in [-0.15, -0.1) is 11.3 Å². The molecule has 2 aliphatic heterocycles. The summed E-state index contributed by atoms with van der Waals surface area (Å²) in [6.07, 6.45) is 7.91. The number of nitrogens with zero attached hydrogens (tertiary/aromatic N) is 4. The van der Waals surface area contributed by atoms with Gasteiger partial charge in [0.05, 0.1) is 33.9 Å². The zero-order valence-electron chi connectivity index (χ0n) is 22.1. The van der Waals surface area contributed by atoms with E-state index in [-0.39, 0.29) is 16.6 Å². The number of pyridine rings is 1. The van der Waals surface area contributed by atoms with E-state index >= 15 is 4.39 Å². The van der Waals surface area contributed by atoms with Crippen LogP contribution in [0.4, 0.5) is 20.3 Å². The Labute approximate surface area is 250 Å². The van der Waals surface area contributed by atoms with Crippen LogP contribution >= 0.6 is 34.9 Å². The molecule has 0 amide bonds. The van der Waals surface area contributed by atoms with Crippen molar-refractivity contribution in [2.75, 3.05) is 36.3 Å². The first-order valence-electron chi connectivity index (χ1n) is 13.0. The van der Waals surface area contributed by atoms with Crippen LogP contribution < -0.4 is 14.4 Å². The number of anilines is 2. The molecule has 1 saturated heterocycles. The van der Waals surface area contributed by atoms with Gasteiger partial charge < -0.3 is 19.3 Å². The van der Waals surface area contributed by atoms with Crippen molar-refractivity contribution in [3.63, 3.8) is 0 Å². The number of benzene rings is 2. The molecular formula is C30H26ClF2N5OS2. The van der Waals surface area contributed by atoms with Crippen LogP contribution in [0.25, 0.3) is 11.3 Å². The van der Waals surface area contributed by atoms with Crippen LogP contribution in [0, 0.1) is 11.6 Å². The van der Waals surface area contributed by atoms with E-state index in [1.165, 1.54) is 35.6 Å². The van der Waals surface area contributed by atoms with E-state index in [1.54, 1.807) is 17.8 Å². The highest BCUT2D eigenvalue weighted by Crippen LogP contribution is 2.38. The number of hydrogen-bond acceptors (Lipinski definition) is 8. The molecule has 0 radical (unpaired) electrons. The summed E-state index contributed by atoms with van der Waals surface area (Å²) in [5, 5.41) is 2.10. The number of hydrogen-bond donors (Lipinski definition) is 1. The Morgan fingerprint density at radius 1 is 1.07 bits per heavy atom. The third kappa shape index (κ3) is 6.19. The molecule has 0 saturated carbocycles. The zero-order valence-corrected chi connectivity index (χ0v) is 24.5. The third-order valence-electron chi connectivity index (χ3n) is 6.92. The summed E-state index contributed by atoms with van der Waals surface area (Å²) in [6, 6.07) is 11.4. The Morgan fingerprint density at radius 2 is 1.93 bits per heavy atom. The van der Waals surface area contributed by atoms with Crippen molar-refractivity contribution in [1.29, 1.82) is 0 Å². The van der Waals surface area contributed by atoms with Crippen LogP contribution in [0.15, 0.2) is 82.5 Å². The minimum atomic E-state index is -0.475. The maximum absolute atomic E-state index is 15.1. The minimum Gasteiger partial charge on any atom is -0.458 e. The molecule has 6 nitrogen and oxygen atoms in total. The van der Waals surface area contributed by atoms with E-state index in [9.17, 15) is 4.39 Å². The highest BCUT2D eigenvalue weighted by Gasteiger charge is 2.24. The fourth-order valence-corrected chi connectivity index (χ4v) is 6.37. The molecule has 41 heavy (non-hydrogen) atoms. The number of likely N-dealkylation sites (N-methyl/N-ethyl adjacent to an activating group) is 1. The zero-order chi connectivity index (χ0) is 28.3. The second-order valence-corrected chi connectivity index (χ2v) is 11.7. The molecule has 2 aromatic carbocycles. The van der Waals surface area contributed by atoms with Gasteiger partial charge in [0.15, 0.2) is 0 Å². The number of allylic oxidation sites excluding steroid dienone is 2. The van der Waals surface area contributed by atoms with Crippen molar-refractivity contribution in [1.82, 2.24) is 14.9 Å². The monoisotopic (exact) mass is 609 g/mol. The Morgan fingerprint density at radius 3 is 2.71 bits per heavy atom. The number of halogens is 3. The Balaban J connectivity index is 1.38. The average molecular weight is 610 g/mol. The van der Waals surface area contributed by atoms with Crippen molar-refractivity contribution >= 4 is 57.7 Å². The van der Waals surface area contributed by atoms with Crippen molar-refractivity contribution in [3.8, 4) is 5.75 Å². The molecule has 2 aliphatic rings. The number of nitrogens with one attached hydrogen (secondary N) is 1. The van der Waals surface area contributed by atoms with Crippen molar-refractivity contribution in [3.05, 3.63) is 105 Å². The summed E-state index contributed by atoms with van der Waals surface area (Å²) in [6.45, 7) is 2.32. The highest BCUT2D eigenvalue weighted by atomic mass is 35.5. The molecule has 210 valence electrons. The number of aromatic nitrogens is 2. The fraction of sp³-hybridized carbons (Fsp3) is 0.200. The van der Waals surface area contributed by atoms with Gasteiger partial charge in [-0.1, -0.05) is 23.7 Å². The van der Waals surface area contributed by atoms with Gasteiger partial charge in [-0.25, -0.2) is 13.8 Å². The molecule has 1 fully saturated rings. The summed E-state index contributed by atoms with van der Waals surface area (Å²) in [5.74, 6) is 0.634. The SMILES string of the molecule is CN1CC(Oc2cc(F)c(SNc3cscn3)cc2Cl)=C(c2cncc(N3CCCC3)c2)C=C1c1cccc(F)c1. The van der Waals surface area contributed by atoms with E-state index in [0.717, 1.165) is 66.0 Å². The normalized spacial score (nSPS) is 15.4. The van der Waals surface area contributed by atoms with Crippen molar-refractivity contribution in [2.45, 2.75) is 17.7 Å². The van der Waals surface area contributed by atoms with Gasteiger partial charge in [-0.2, -0.15) is 0 Å².